The SMILES string of the molecule is Cc1nc2c3c(c(C(=O)N4CC4)cn2c1C)CC[C@@H](c1ccccc1)N3. The minimum Gasteiger partial charge on any atom is -0.375 e. The number of rotatable bonds is 2. The van der Waals surface area contributed by atoms with Crippen LogP contribution in [0.25, 0.3) is 5.65 Å². The first-order valence-corrected chi connectivity index (χ1v) is 9.25. The Morgan fingerprint density at radius 1 is 1.19 bits per heavy atom. The second-order valence-corrected chi connectivity index (χ2v) is 7.31. The number of benzene rings is 1. The predicted molar refractivity (Wildman–Crippen MR) is 102 cm³/mol. The number of aromatic nitrogens is 2. The fourth-order valence-corrected chi connectivity index (χ4v) is 3.93. The summed E-state index contributed by atoms with van der Waals surface area (Å²) in [7, 11) is 0. The van der Waals surface area contributed by atoms with Crippen LogP contribution >= 0.6 is 0 Å². The number of hydrogen-bond acceptors (Lipinski definition) is 3. The zero-order valence-corrected chi connectivity index (χ0v) is 15.1. The summed E-state index contributed by atoms with van der Waals surface area (Å²) in [6.45, 7) is 5.82. The molecule has 1 amide bonds. The lowest BCUT2D eigenvalue weighted by Gasteiger charge is -2.29. The minimum atomic E-state index is 0.147. The number of fused-ring (bicyclic) bond motifs is 3. The van der Waals surface area contributed by atoms with E-state index in [0.29, 0.717) is 0 Å². The highest BCUT2D eigenvalue weighted by atomic mass is 16.2. The monoisotopic (exact) mass is 346 g/mol. The van der Waals surface area contributed by atoms with Gasteiger partial charge in [0.25, 0.3) is 5.91 Å². The van der Waals surface area contributed by atoms with E-state index >= 15 is 0 Å². The van der Waals surface area contributed by atoms with Crippen molar-refractivity contribution in [2.45, 2.75) is 32.7 Å². The maximum Gasteiger partial charge on any atom is 0.255 e. The van der Waals surface area contributed by atoms with Gasteiger partial charge in [-0.25, -0.2) is 4.98 Å². The van der Waals surface area contributed by atoms with Crippen LogP contribution < -0.4 is 5.32 Å². The molecule has 1 atom stereocenters. The molecule has 0 aliphatic carbocycles. The average Bonchev–Trinajstić information content (AvgIpc) is 3.48. The highest BCUT2D eigenvalue weighted by molar-refractivity contribution is 5.99. The summed E-state index contributed by atoms with van der Waals surface area (Å²) in [5, 5.41) is 3.70. The Hall–Kier alpha value is -2.82. The largest absolute Gasteiger partial charge is 0.375 e. The molecule has 1 saturated heterocycles. The smallest absolute Gasteiger partial charge is 0.255 e. The number of amides is 1. The predicted octanol–water partition coefficient (Wildman–Crippen LogP) is 3.51. The lowest BCUT2D eigenvalue weighted by molar-refractivity contribution is 0.0884. The number of nitrogens with one attached hydrogen (secondary N) is 1. The molecule has 0 bridgehead atoms. The Labute approximate surface area is 152 Å². The van der Waals surface area contributed by atoms with Crippen molar-refractivity contribution in [2.75, 3.05) is 18.4 Å². The molecule has 2 aliphatic heterocycles. The van der Waals surface area contributed by atoms with Crippen molar-refractivity contribution in [2.24, 2.45) is 0 Å². The third-order valence-electron chi connectivity index (χ3n) is 5.66. The van der Waals surface area contributed by atoms with Crippen molar-refractivity contribution in [3.8, 4) is 0 Å². The first-order valence-electron chi connectivity index (χ1n) is 9.25. The number of carbonyl (C=O) groups is 1. The molecule has 2 aliphatic rings. The van der Waals surface area contributed by atoms with Crippen molar-refractivity contribution in [1.82, 2.24) is 14.3 Å². The second kappa shape index (κ2) is 5.59. The third-order valence-corrected chi connectivity index (χ3v) is 5.66. The van der Waals surface area contributed by atoms with Gasteiger partial charge >= 0.3 is 0 Å². The lowest BCUT2D eigenvalue weighted by atomic mass is 9.91. The second-order valence-electron chi connectivity index (χ2n) is 7.31. The van der Waals surface area contributed by atoms with E-state index in [-0.39, 0.29) is 11.9 Å². The van der Waals surface area contributed by atoms with Gasteiger partial charge in [-0.15, -0.1) is 0 Å². The van der Waals surface area contributed by atoms with Crippen LogP contribution in [0, 0.1) is 13.8 Å². The van der Waals surface area contributed by atoms with E-state index in [4.69, 9.17) is 4.98 Å². The molecular weight excluding hydrogens is 324 g/mol. The van der Waals surface area contributed by atoms with Crippen molar-refractivity contribution in [3.63, 3.8) is 0 Å². The number of carbonyl (C=O) groups excluding carboxylic acids is 1. The van der Waals surface area contributed by atoms with Crippen LogP contribution in [0.3, 0.4) is 0 Å². The fourth-order valence-electron chi connectivity index (χ4n) is 3.93. The van der Waals surface area contributed by atoms with E-state index in [0.717, 1.165) is 59.8 Å². The molecule has 132 valence electrons. The molecule has 0 spiro atoms. The topological polar surface area (TPSA) is 49.4 Å². The summed E-state index contributed by atoms with van der Waals surface area (Å²) in [5.41, 5.74) is 7.26. The van der Waals surface area contributed by atoms with Gasteiger partial charge in [-0.05, 0) is 37.8 Å². The number of aryl methyl sites for hydroxylation is 2. The van der Waals surface area contributed by atoms with Crippen LogP contribution in [-0.4, -0.2) is 33.3 Å². The molecule has 5 nitrogen and oxygen atoms in total. The summed E-state index contributed by atoms with van der Waals surface area (Å²) in [5.74, 6) is 0.147. The molecule has 0 saturated carbocycles. The molecule has 1 aromatic carbocycles. The van der Waals surface area contributed by atoms with E-state index in [1.807, 2.05) is 24.1 Å². The first-order chi connectivity index (χ1) is 12.6. The quantitative estimate of drug-likeness (QED) is 0.723. The van der Waals surface area contributed by atoms with Gasteiger partial charge in [0.15, 0.2) is 5.65 Å². The molecule has 0 radical (unpaired) electrons. The molecule has 26 heavy (non-hydrogen) atoms. The van der Waals surface area contributed by atoms with Gasteiger partial charge in [0.05, 0.1) is 23.0 Å². The summed E-state index contributed by atoms with van der Waals surface area (Å²) in [6, 6.07) is 10.8. The van der Waals surface area contributed by atoms with Crippen LogP contribution in [0.2, 0.25) is 0 Å². The first kappa shape index (κ1) is 15.4. The van der Waals surface area contributed by atoms with Crippen LogP contribution in [0.15, 0.2) is 36.5 Å². The van der Waals surface area contributed by atoms with E-state index in [2.05, 4.69) is 40.9 Å². The highest BCUT2D eigenvalue weighted by Crippen LogP contribution is 2.38. The molecular formula is C21H22N4O. The van der Waals surface area contributed by atoms with Crippen molar-refractivity contribution < 1.29 is 4.79 Å². The number of imidazole rings is 1. The summed E-state index contributed by atoms with van der Waals surface area (Å²) < 4.78 is 2.07. The molecule has 4 heterocycles. The Morgan fingerprint density at radius 3 is 2.69 bits per heavy atom. The van der Waals surface area contributed by atoms with E-state index < -0.39 is 0 Å². The number of hydrogen-bond donors (Lipinski definition) is 1. The third kappa shape index (κ3) is 2.30. The van der Waals surface area contributed by atoms with Crippen LogP contribution in [0.1, 0.15) is 45.3 Å². The van der Waals surface area contributed by atoms with Crippen molar-refractivity contribution >= 4 is 17.2 Å². The van der Waals surface area contributed by atoms with Gasteiger partial charge < -0.3 is 14.6 Å². The normalized spacial score (nSPS) is 18.5. The maximum atomic E-state index is 12.9. The number of nitrogens with zero attached hydrogens (tertiary/aromatic N) is 3. The Balaban J connectivity index is 1.68. The molecule has 1 fully saturated rings. The van der Waals surface area contributed by atoms with E-state index in [1.165, 1.54) is 5.56 Å². The van der Waals surface area contributed by atoms with Gasteiger partial charge in [-0.3, -0.25) is 4.79 Å². The Bertz CT molecular complexity index is 1020. The average molecular weight is 346 g/mol. The standard InChI is InChI=1S/C21H22N4O/c1-13-14(2)25-12-17(21(26)24-10-11-24)16-8-9-18(15-6-4-3-5-7-15)23-19(16)20(25)22-13/h3-7,12,18,23H,8-11H2,1-2H3/t18-/m0/s1. The van der Waals surface area contributed by atoms with Gasteiger partial charge in [-0.1, -0.05) is 30.3 Å². The maximum absolute atomic E-state index is 12.9. The molecule has 5 heteroatoms. The van der Waals surface area contributed by atoms with Crippen LogP contribution in [-0.2, 0) is 6.42 Å². The number of pyridine rings is 1. The van der Waals surface area contributed by atoms with E-state index in [1.54, 1.807) is 0 Å². The Morgan fingerprint density at radius 2 is 1.96 bits per heavy atom. The zero-order chi connectivity index (χ0) is 17.8. The fraction of sp³-hybridized carbons (Fsp3) is 0.333. The molecule has 3 aromatic rings. The zero-order valence-electron chi connectivity index (χ0n) is 15.1. The van der Waals surface area contributed by atoms with Crippen molar-refractivity contribution in [1.29, 1.82) is 0 Å². The molecule has 5 rings (SSSR count). The molecule has 1 N–H and O–H groups in total. The van der Waals surface area contributed by atoms with Crippen LogP contribution in [0.4, 0.5) is 5.69 Å². The van der Waals surface area contributed by atoms with Gasteiger partial charge in [0.2, 0.25) is 0 Å². The van der Waals surface area contributed by atoms with Gasteiger partial charge in [0, 0.05) is 25.0 Å². The van der Waals surface area contributed by atoms with Gasteiger partial charge in [0.1, 0.15) is 0 Å². The number of anilines is 1. The summed E-state index contributed by atoms with van der Waals surface area (Å²) in [4.78, 5) is 19.5. The van der Waals surface area contributed by atoms with Crippen molar-refractivity contribution in [3.05, 3.63) is 64.6 Å². The molecule has 2 aromatic heterocycles. The highest BCUT2D eigenvalue weighted by Gasteiger charge is 2.32. The van der Waals surface area contributed by atoms with Crippen LogP contribution in [0.5, 0.6) is 0 Å². The minimum absolute atomic E-state index is 0.147. The van der Waals surface area contributed by atoms with E-state index in [9.17, 15) is 4.79 Å². The summed E-state index contributed by atoms with van der Waals surface area (Å²) in [6.07, 6.45) is 3.86. The summed E-state index contributed by atoms with van der Waals surface area (Å²) >= 11 is 0. The van der Waals surface area contributed by atoms with Gasteiger partial charge in [-0.2, -0.15) is 0 Å². The Kier molecular flexibility index (Phi) is 3.32. The molecule has 0 unspecified atom stereocenters. The lowest BCUT2D eigenvalue weighted by Crippen LogP contribution is -2.23.